The molecule has 1 aromatic carbocycles. The Hall–Kier alpha value is -1.78. The van der Waals surface area contributed by atoms with Gasteiger partial charge >= 0.3 is 6.18 Å². The molecule has 0 aliphatic heterocycles. The van der Waals surface area contributed by atoms with Gasteiger partial charge in [-0.15, -0.1) is 0 Å². The Balaban J connectivity index is 2.99. The number of nitrogens with one attached hydrogen (secondary N) is 1. The molecular formula is C11H8F3NO. The van der Waals surface area contributed by atoms with Gasteiger partial charge < -0.3 is 4.98 Å². The number of hydrogen-bond acceptors (Lipinski definition) is 1. The Morgan fingerprint density at radius 2 is 1.81 bits per heavy atom. The van der Waals surface area contributed by atoms with E-state index in [-0.39, 0.29) is 16.5 Å². The van der Waals surface area contributed by atoms with Crippen LogP contribution in [0.15, 0.2) is 29.1 Å². The van der Waals surface area contributed by atoms with E-state index in [0.29, 0.717) is 0 Å². The summed E-state index contributed by atoms with van der Waals surface area (Å²) in [7, 11) is 0. The molecule has 0 saturated carbocycles. The first-order chi connectivity index (χ1) is 7.41. The van der Waals surface area contributed by atoms with Crippen molar-refractivity contribution in [2.24, 2.45) is 0 Å². The highest BCUT2D eigenvalue weighted by molar-refractivity contribution is 5.83. The second kappa shape index (κ2) is 3.37. The van der Waals surface area contributed by atoms with Crippen LogP contribution in [0.25, 0.3) is 10.9 Å². The standard InChI is InChI=1S/C11H8F3NO/c1-6-9(11(12,13)14)7-4-2-3-5-8(7)15-10(6)16/h2-5H,1H3,(H,15,16). The van der Waals surface area contributed by atoms with Gasteiger partial charge in [0.15, 0.2) is 0 Å². The molecule has 0 radical (unpaired) electrons. The van der Waals surface area contributed by atoms with Gasteiger partial charge in [0.1, 0.15) is 0 Å². The lowest BCUT2D eigenvalue weighted by atomic mass is 10.0. The molecule has 1 aromatic heterocycles. The van der Waals surface area contributed by atoms with Crippen molar-refractivity contribution in [1.82, 2.24) is 4.98 Å². The normalized spacial score (nSPS) is 12.0. The van der Waals surface area contributed by atoms with Crippen molar-refractivity contribution in [3.63, 3.8) is 0 Å². The van der Waals surface area contributed by atoms with E-state index in [4.69, 9.17) is 0 Å². The van der Waals surface area contributed by atoms with Crippen LogP contribution in [-0.4, -0.2) is 4.98 Å². The molecule has 0 fully saturated rings. The minimum atomic E-state index is -4.52. The van der Waals surface area contributed by atoms with Crippen LogP contribution in [0, 0.1) is 6.92 Å². The summed E-state index contributed by atoms with van der Waals surface area (Å²) >= 11 is 0. The number of aromatic amines is 1. The van der Waals surface area contributed by atoms with Crippen molar-refractivity contribution in [1.29, 1.82) is 0 Å². The zero-order valence-corrected chi connectivity index (χ0v) is 8.35. The number of benzene rings is 1. The number of hydrogen-bond donors (Lipinski definition) is 1. The predicted molar refractivity (Wildman–Crippen MR) is 54.3 cm³/mol. The van der Waals surface area contributed by atoms with E-state index in [9.17, 15) is 18.0 Å². The minimum Gasteiger partial charge on any atom is -0.322 e. The van der Waals surface area contributed by atoms with Crippen LogP contribution in [0.2, 0.25) is 0 Å². The van der Waals surface area contributed by atoms with Crippen molar-refractivity contribution in [3.05, 3.63) is 45.7 Å². The Kier molecular flexibility index (Phi) is 2.26. The molecule has 0 aliphatic rings. The van der Waals surface area contributed by atoms with Crippen molar-refractivity contribution in [2.45, 2.75) is 13.1 Å². The first-order valence-corrected chi connectivity index (χ1v) is 4.60. The third kappa shape index (κ3) is 1.58. The molecule has 0 amide bonds. The number of halogens is 3. The molecular weight excluding hydrogens is 219 g/mol. The number of fused-ring (bicyclic) bond motifs is 1. The number of H-pyrrole nitrogens is 1. The Labute approximate surface area is 88.7 Å². The molecule has 0 unspecified atom stereocenters. The fraction of sp³-hybridized carbons (Fsp3) is 0.182. The van der Waals surface area contributed by atoms with Gasteiger partial charge in [0.25, 0.3) is 5.56 Å². The third-order valence-electron chi connectivity index (χ3n) is 2.44. The summed E-state index contributed by atoms with van der Waals surface area (Å²) in [6.45, 7) is 1.17. The van der Waals surface area contributed by atoms with Crippen LogP contribution >= 0.6 is 0 Å². The molecule has 2 aromatic rings. The summed E-state index contributed by atoms with van der Waals surface area (Å²) in [5.74, 6) is 0. The van der Waals surface area contributed by atoms with Gasteiger partial charge in [-0.05, 0) is 13.0 Å². The summed E-state index contributed by atoms with van der Waals surface area (Å²) < 4.78 is 38.4. The molecule has 2 nitrogen and oxygen atoms in total. The average molecular weight is 227 g/mol. The molecule has 0 aliphatic carbocycles. The highest BCUT2D eigenvalue weighted by atomic mass is 19.4. The molecule has 1 heterocycles. The molecule has 5 heteroatoms. The summed E-state index contributed by atoms with van der Waals surface area (Å²) in [6.07, 6.45) is -4.52. The fourth-order valence-electron chi connectivity index (χ4n) is 1.71. The summed E-state index contributed by atoms with van der Waals surface area (Å²) in [6, 6.07) is 5.88. The smallest absolute Gasteiger partial charge is 0.322 e. The maximum absolute atomic E-state index is 12.8. The number of alkyl halides is 3. The van der Waals surface area contributed by atoms with Crippen LogP contribution in [0.5, 0.6) is 0 Å². The predicted octanol–water partition coefficient (Wildman–Crippen LogP) is 2.86. The van der Waals surface area contributed by atoms with Gasteiger partial charge in [-0.3, -0.25) is 4.79 Å². The Morgan fingerprint density at radius 1 is 1.19 bits per heavy atom. The third-order valence-corrected chi connectivity index (χ3v) is 2.44. The van der Waals surface area contributed by atoms with E-state index < -0.39 is 17.3 Å². The van der Waals surface area contributed by atoms with Crippen molar-refractivity contribution >= 4 is 10.9 Å². The summed E-state index contributed by atoms with van der Waals surface area (Å²) in [5, 5.41) is 0.0205. The fourth-order valence-corrected chi connectivity index (χ4v) is 1.71. The lowest BCUT2D eigenvalue weighted by Gasteiger charge is -2.12. The van der Waals surface area contributed by atoms with E-state index in [1.54, 1.807) is 6.07 Å². The highest BCUT2D eigenvalue weighted by Crippen LogP contribution is 2.35. The van der Waals surface area contributed by atoms with E-state index in [2.05, 4.69) is 4.98 Å². The quantitative estimate of drug-likeness (QED) is 0.737. The van der Waals surface area contributed by atoms with Crippen molar-refractivity contribution in [2.75, 3.05) is 0 Å². The number of aromatic nitrogens is 1. The Morgan fingerprint density at radius 3 is 2.44 bits per heavy atom. The molecule has 0 spiro atoms. The maximum atomic E-state index is 12.8. The van der Waals surface area contributed by atoms with E-state index >= 15 is 0 Å². The molecule has 0 saturated heterocycles. The number of pyridine rings is 1. The van der Waals surface area contributed by atoms with Crippen molar-refractivity contribution in [3.8, 4) is 0 Å². The molecule has 1 N–H and O–H groups in total. The zero-order valence-electron chi connectivity index (χ0n) is 8.35. The van der Waals surface area contributed by atoms with Crippen LogP contribution < -0.4 is 5.56 Å². The monoisotopic (exact) mass is 227 g/mol. The van der Waals surface area contributed by atoms with Gasteiger partial charge in [0, 0.05) is 16.5 Å². The number of para-hydroxylation sites is 1. The lowest BCUT2D eigenvalue weighted by Crippen LogP contribution is -2.18. The van der Waals surface area contributed by atoms with Crippen molar-refractivity contribution < 1.29 is 13.2 Å². The minimum absolute atomic E-state index is 0.0205. The largest absolute Gasteiger partial charge is 0.417 e. The lowest BCUT2D eigenvalue weighted by molar-refractivity contribution is -0.136. The SMILES string of the molecule is Cc1c(C(F)(F)F)c2ccccc2[nH]c1=O. The van der Waals surface area contributed by atoms with Crippen LogP contribution in [-0.2, 0) is 6.18 Å². The van der Waals surface area contributed by atoms with Crippen LogP contribution in [0.3, 0.4) is 0 Å². The van der Waals surface area contributed by atoms with Gasteiger partial charge in [-0.2, -0.15) is 13.2 Å². The second-order valence-corrected chi connectivity index (χ2v) is 3.50. The average Bonchev–Trinajstić information content (AvgIpc) is 2.17. The molecule has 0 bridgehead atoms. The van der Waals surface area contributed by atoms with Crippen LogP contribution in [0.1, 0.15) is 11.1 Å². The summed E-state index contributed by atoms with van der Waals surface area (Å²) in [4.78, 5) is 13.8. The second-order valence-electron chi connectivity index (χ2n) is 3.50. The van der Waals surface area contributed by atoms with Crippen LogP contribution in [0.4, 0.5) is 13.2 Å². The summed E-state index contributed by atoms with van der Waals surface area (Å²) in [5.41, 5.74) is -1.66. The maximum Gasteiger partial charge on any atom is 0.417 e. The highest BCUT2D eigenvalue weighted by Gasteiger charge is 2.35. The number of rotatable bonds is 0. The molecule has 0 atom stereocenters. The van der Waals surface area contributed by atoms with Gasteiger partial charge in [-0.25, -0.2) is 0 Å². The first kappa shape index (κ1) is 10.7. The molecule has 84 valence electrons. The zero-order chi connectivity index (χ0) is 11.9. The molecule has 16 heavy (non-hydrogen) atoms. The van der Waals surface area contributed by atoms with Gasteiger partial charge in [0.2, 0.25) is 0 Å². The molecule has 2 rings (SSSR count). The van der Waals surface area contributed by atoms with Gasteiger partial charge in [-0.1, -0.05) is 18.2 Å². The van der Waals surface area contributed by atoms with E-state index in [1.165, 1.54) is 25.1 Å². The topological polar surface area (TPSA) is 32.9 Å². The Bertz CT molecular complexity index is 598. The van der Waals surface area contributed by atoms with E-state index in [0.717, 1.165) is 0 Å². The van der Waals surface area contributed by atoms with E-state index in [1.807, 2.05) is 0 Å². The van der Waals surface area contributed by atoms with Gasteiger partial charge in [0.05, 0.1) is 5.56 Å². The first-order valence-electron chi connectivity index (χ1n) is 4.60.